The Labute approximate surface area is 148 Å². The van der Waals surface area contributed by atoms with Crippen LogP contribution < -0.4 is 4.74 Å². The van der Waals surface area contributed by atoms with Gasteiger partial charge in [-0.3, -0.25) is 0 Å². The standard InChI is InChI=1S/C21H15F3O2/c1-12-3-8-17(20(24)9-12)14-4-6-15(7-5-14)21(25)26-16-10-18(22)13(2)19(23)11-16/h3-11H,1-2H3. The van der Waals surface area contributed by atoms with Crippen LogP contribution in [0, 0.1) is 31.3 Å². The Morgan fingerprint density at radius 2 is 1.42 bits per heavy atom. The fourth-order valence-electron chi connectivity index (χ4n) is 2.49. The Balaban J connectivity index is 1.81. The van der Waals surface area contributed by atoms with Crippen molar-refractivity contribution in [3.8, 4) is 16.9 Å². The van der Waals surface area contributed by atoms with Gasteiger partial charge in [-0.15, -0.1) is 0 Å². The lowest BCUT2D eigenvalue weighted by Gasteiger charge is -2.08. The minimum atomic E-state index is -0.794. The number of halogens is 3. The number of carbonyl (C=O) groups is 1. The third-order valence-electron chi connectivity index (χ3n) is 4.02. The van der Waals surface area contributed by atoms with Crippen LogP contribution in [0.5, 0.6) is 5.75 Å². The van der Waals surface area contributed by atoms with Gasteiger partial charge in [-0.25, -0.2) is 18.0 Å². The van der Waals surface area contributed by atoms with Gasteiger partial charge in [-0.1, -0.05) is 24.3 Å². The van der Waals surface area contributed by atoms with Crippen molar-refractivity contribution in [1.82, 2.24) is 0 Å². The predicted octanol–water partition coefficient (Wildman–Crippen LogP) is 5.61. The molecule has 0 saturated carbocycles. The van der Waals surface area contributed by atoms with Crippen molar-refractivity contribution in [3.05, 3.63) is 88.7 Å². The fourth-order valence-corrected chi connectivity index (χ4v) is 2.49. The highest BCUT2D eigenvalue weighted by atomic mass is 19.1. The molecule has 132 valence electrons. The molecule has 0 N–H and O–H groups in total. The summed E-state index contributed by atoms with van der Waals surface area (Å²) in [6.07, 6.45) is 0. The normalized spacial score (nSPS) is 10.7. The van der Waals surface area contributed by atoms with Crippen molar-refractivity contribution in [1.29, 1.82) is 0 Å². The molecule has 0 radical (unpaired) electrons. The molecule has 5 heteroatoms. The minimum absolute atomic E-state index is 0.144. The monoisotopic (exact) mass is 356 g/mol. The Bertz CT molecular complexity index is 956. The third kappa shape index (κ3) is 3.61. The molecule has 3 rings (SSSR count). The maximum atomic E-state index is 14.0. The molecule has 0 aliphatic carbocycles. The molecule has 0 aliphatic rings. The summed E-state index contributed by atoms with van der Waals surface area (Å²) in [4.78, 5) is 12.1. The molecule has 26 heavy (non-hydrogen) atoms. The van der Waals surface area contributed by atoms with Gasteiger partial charge >= 0.3 is 5.97 Å². The molecule has 0 fully saturated rings. The molecule has 0 saturated heterocycles. The van der Waals surface area contributed by atoms with Gasteiger partial charge < -0.3 is 4.74 Å². The first-order valence-electron chi connectivity index (χ1n) is 7.89. The van der Waals surface area contributed by atoms with Gasteiger partial charge in [0.1, 0.15) is 23.2 Å². The summed E-state index contributed by atoms with van der Waals surface area (Å²) >= 11 is 0. The number of ether oxygens (including phenoxy) is 1. The quantitative estimate of drug-likeness (QED) is 0.451. The first-order chi connectivity index (χ1) is 12.3. The molecule has 3 aromatic rings. The maximum Gasteiger partial charge on any atom is 0.343 e. The smallest absolute Gasteiger partial charge is 0.343 e. The molecule has 0 bridgehead atoms. The van der Waals surface area contributed by atoms with Gasteiger partial charge in [0.2, 0.25) is 0 Å². The second-order valence-electron chi connectivity index (χ2n) is 5.96. The van der Waals surface area contributed by atoms with Gasteiger partial charge in [0.25, 0.3) is 0 Å². The summed E-state index contributed by atoms with van der Waals surface area (Å²) in [5.41, 5.74) is 1.87. The zero-order chi connectivity index (χ0) is 18.8. The highest BCUT2D eigenvalue weighted by Crippen LogP contribution is 2.25. The Hall–Kier alpha value is -3.08. The topological polar surface area (TPSA) is 26.3 Å². The van der Waals surface area contributed by atoms with Gasteiger partial charge in [-0.2, -0.15) is 0 Å². The van der Waals surface area contributed by atoms with E-state index in [1.165, 1.54) is 25.1 Å². The average molecular weight is 356 g/mol. The summed E-state index contributed by atoms with van der Waals surface area (Å²) in [5, 5.41) is 0. The summed E-state index contributed by atoms with van der Waals surface area (Å²) < 4.78 is 46.1. The summed E-state index contributed by atoms with van der Waals surface area (Å²) in [5.74, 6) is -2.92. The van der Waals surface area contributed by atoms with Crippen molar-refractivity contribution in [2.75, 3.05) is 0 Å². The average Bonchev–Trinajstić information content (AvgIpc) is 2.60. The molecular formula is C21H15F3O2. The van der Waals surface area contributed by atoms with Crippen LogP contribution in [0.25, 0.3) is 11.1 Å². The number of esters is 1. The summed E-state index contributed by atoms with van der Waals surface area (Å²) in [7, 11) is 0. The van der Waals surface area contributed by atoms with Gasteiger partial charge in [-0.05, 0) is 43.2 Å². The molecule has 0 aromatic heterocycles. The molecule has 0 amide bonds. The first kappa shape index (κ1) is 17.7. The molecule has 3 aromatic carbocycles. The summed E-state index contributed by atoms with van der Waals surface area (Å²) in [6.45, 7) is 3.09. The zero-order valence-electron chi connectivity index (χ0n) is 14.1. The van der Waals surface area contributed by atoms with E-state index in [9.17, 15) is 18.0 Å². The number of hydrogen-bond acceptors (Lipinski definition) is 2. The third-order valence-corrected chi connectivity index (χ3v) is 4.02. The van der Waals surface area contributed by atoms with E-state index in [1.54, 1.807) is 31.2 Å². The van der Waals surface area contributed by atoms with Crippen LogP contribution in [0.4, 0.5) is 13.2 Å². The lowest BCUT2D eigenvalue weighted by atomic mass is 10.0. The van der Waals surface area contributed by atoms with E-state index >= 15 is 0 Å². The highest BCUT2D eigenvalue weighted by Gasteiger charge is 2.13. The molecule has 0 atom stereocenters. The van der Waals surface area contributed by atoms with Crippen LogP contribution in [0.1, 0.15) is 21.5 Å². The van der Waals surface area contributed by atoms with Crippen molar-refractivity contribution in [2.45, 2.75) is 13.8 Å². The number of carbonyl (C=O) groups excluding carboxylic acids is 1. The van der Waals surface area contributed by atoms with Crippen LogP contribution in [0.3, 0.4) is 0 Å². The number of benzene rings is 3. The predicted molar refractivity (Wildman–Crippen MR) is 92.6 cm³/mol. The van der Waals surface area contributed by atoms with E-state index < -0.39 is 17.6 Å². The second kappa shape index (κ2) is 7.04. The van der Waals surface area contributed by atoms with Crippen molar-refractivity contribution in [3.63, 3.8) is 0 Å². The van der Waals surface area contributed by atoms with Gasteiger partial charge in [0, 0.05) is 23.3 Å². The number of hydrogen-bond donors (Lipinski definition) is 0. The second-order valence-corrected chi connectivity index (χ2v) is 5.96. The van der Waals surface area contributed by atoms with Gasteiger partial charge in [0.15, 0.2) is 0 Å². The lowest BCUT2D eigenvalue weighted by Crippen LogP contribution is -2.09. The molecule has 0 aliphatic heterocycles. The van der Waals surface area contributed by atoms with E-state index in [1.807, 2.05) is 0 Å². The van der Waals surface area contributed by atoms with Gasteiger partial charge in [0.05, 0.1) is 5.56 Å². The van der Waals surface area contributed by atoms with Crippen LogP contribution in [0.15, 0.2) is 54.6 Å². The van der Waals surface area contributed by atoms with E-state index in [0.29, 0.717) is 11.1 Å². The zero-order valence-corrected chi connectivity index (χ0v) is 14.1. The largest absolute Gasteiger partial charge is 0.423 e. The van der Waals surface area contributed by atoms with Crippen LogP contribution >= 0.6 is 0 Å². The molecule has 0 spiro atoms. The van der Waals surface area contributed by atoms with Crippen molar-refractivity contribution >= 4 is 5.97 Å². The lowest BCUT2D eigenvalue weighted by molar-refractivity contribution is 0.0734. The summed E-state index contributed by atoms with van der Waals surface area (Å²) in [6, 6.07) is 12.9. The maximum absolute atomic E-state index is 14.0. The Morgan fingerprint density at radius 3 is 2.00 bits per heavy atom. The van der Waals surface area contributed by atoms with E-state index in [0.717, 1.165) is 17.7 Å². The van der Waals surface area contributed by atoms with Crippen LogP contribution in [0.2, 0.25) is 0 Å². The van der Waals surface area contributed by atoms with Crippen LogP contribution in [-0.4, -0.2) is 5.97 Å². The minimum Gasteiger partial charge on any atom is -0.423 e. The fraction of sp³-hybridized carbons (Fsp3) is 0.0952. The highest BCUT2D eigenvalue weighted by molar-refractivity contribution is 5.91. The molecule has 2 nitrogen and oxygen atoms in total. The Kier molecular flexibility index (Phi) is 4.80. The molecule has 0 heterocycles. The number of rotatable bonds is 3. The molecule has 0 unspecified atom stereocenters. The van der Waals surface area contributed by atoms with E-state index in [2.05, 4.69) is 0 Å². The molecular weight excluding hydrogens is 341 g/mol. The van der Waals surface area contributed by atoms with Crippen molar-refractivity contribution < 1.29 is 22.7 Å². The van der Waals surface area contributed by atoms with Crippen molar-refractivity contribution in [2.24, 2.45) is 0 Å². The Morgan fingerprint density at radius 1 is 0.808 bits per heavy atom. The van der Waals surface area contributed by atoms with E-state index in [-0.39, 0.29) is 22.7 Å². The number of aryl methyl sites for hydroxylation is 1. The SMILES string of the molecule is Cc1ccc(-c2ccc(C(=O)Oc3cc(F)c(C)c(F)c3)cc2)c(F)c1. The van der Waals surface area contributed by atoms with Crippen LogP contribution in [-0.2, 0) is 0 Å². The first-order valence-corrected chi connectivity index (χ1v) is 7.89. The van der Waals surface area contributed by atoms with E-state index in [4.69, 9.17) is 4.74 Å².